The van der Waals surface area contributed by atoms with Crippen molar-refractivity contribution >= 4 is 17.4 Å². The number of carbonyl (C=O) groups is 2. The monoisotopic (exact) mass is 452 g/mol. The second kappa shape index (κ2) is 10.4. The van der Waals surface area contributed by atoms with Gasteiger partial charge in [0.1, 0.15) is 5.82 Å². The van der Waals surface area contributed by atoms with Crippen LogP contribution in [0.15, 0.2) is 48.5 Å². The highest BCUT2D eigenvalue weighted by molar-refractivity contribution is 5.94. The molecule has 176 valence electrons. The summed E-state index contributed by atoms with van der Waals surface area (Å²) in [5, 5.41) is 0. The van der Waals surface area contributed by atoms with Crippen LogP contribution in [0.25, 0.3) is 0 Å². The molecule has 2 heterocycles. The number of ketones is 1. The predicted molar refractivity (Wildman–Crippen MR) is 128 cm³/mol. The van der Waals surface area contributed by atoms with Crippen molar-refractivity contribution in [3.05, 3.63) is 65.5 Å². The van der Waals surface area contributed by atoms with Crippen LogP contribution in [0.5, 0.6) is 0 Å². The highest BCUT2D eigenvalue weighted by Gasteiger charge is 2.31. The van der Waals surface area contributed by atoms with Crippen LogP contribution in [0.3, 0.4) is 0 Å². The Morgan fingerprint density at radius 2 is 1.58 bits per heavy atom. The number of nitrogens with zero attached hydrogens (tertiary/aromatic N) is 4. The molecule has 33 heavy (non-hydrogen) atoms. The number of benzene rings is 2. The van der Waals surface area contributed by atoms with Gasteiger partial charge in [-0.1, -0.05) is 30.3 Å². The van der Waals surface area contributed by atoms with Crippen molar-refractivity contribution in [2.45, 2.75) is 26.4 Å². The van der Waals surface area contributed by atoms with Gasteiger partial charge < -0.3 is 9.80 Å². The minimum atomic E-state index is -0.367. The molecule has 1 atom stereocenters. The molecular formula is C26H33FN4O2. The maximum atomic E-state index is 14.5. The first-order valence-corrected chi connectivity index (χ1v) is 11.8. The lowest BCUT2D eigenvalue weighted by atomic mass is 10.1. The number of rotatable bonds is 6. The molecule has 0 aliphatic carbocycles. The van der Waals surface area contributed by atoms with E-state index in [0.29, 0.717) is 37.4 Å². The Balaban J connectivity index is 1.26. The second-order valence-corrected chi connectivity index (χ2v) is 9.01. The summed E-state index contributed by atoms with van der Waals surface area (Å²) < 4.78 is 14.5. The molecule has 0 unspecified atom stereocenters. The summed E-state index contributed by atoms with van der Waals surface area (Å²) in [6.07, 6.45) is 0. The van der Waals surface area contributed by atoms with E-state index in [2.05, 4.69) is 34.1 Å². The first-order valence-electron chi connectivity index (χ1n) is 11.8. The summed E-state index contributed by atoms with van der Waals surface area (Å²) >= 11 is 0. The van der Waals surface area contributed by atoms with E-state index in [0.717, 1.165) is 32.7 Å². The molecule has 0 saturated carbocycles. The van der Waals surface area contributed by atoms with E-state index in [1.807, 2.05) is 22.8 Å². The van der Waals surface area contributed by atoms with Gasteiger partial charge in [0.2, 0.25) is 5.91 Å². The standard InChI is InChI=1S/C26H33FN4O2/c1-20(26(33)31-12-10-28(11-13-31)19-22-6-4-3-5-7-22)29-14-16-30(17-15-29)25-9-8-23(21(2)32)18-24(25)27/h3-9,18,20H,10-17,19H2,1-2H3/t20-/m1/s1. The summed E-state index contributed by atoms with van der Waals surface area (Å²) in [4.78, 5) is 33.2. The van der Waals surface area contributed by atoms with Crippen LogP contribution in [0.2, 0.25) is 0 Å². The lowest BCUT2D eigenvalue weighted by Gasteiger charge is -2.41. The molecule has 2 aromatic rings. The van der Waals surface area contributed by atoms with Gasteiger partial charge in [-0.3, -0.25) is 19.4 Å². The second-order valence-electron chi connectivity index (χ2n) is 9.01. The average Bonchev–Trinajstić information content (AvgIpc) is 2.84. The molecule has 2 fully saturated rings. The van der Waals surface area contributed by atoms with Crippen LogP contribution >= 0.6 is 0 Å². The highest BCUT2D eigenvalue weighted by atomic mass is 19.1. The van der Waals surface area contributed by atoms with Crippen LogP contribution in [0, 0.1) is 5.82 Å². The first-order chi connectivity index (χ1) is 15.9. The Hall–Kier alpha value is -2.77. The van der Waals surface area contributed by atoms with Crippen LogP contribution < -0.4 is 4.90 Å². The van der Waals surface area contributed by atoms with E-state index in [9.17, 15) is 14.0 Å². The smallest absolute Gasteiger partial charge is 0.239 e. The first kappa shape index (κ1) is 23.4. The van der Waals surface area contributed by atoms with E-state index >= 15 is 0 Å². The van der Waals surface area contributed by atoms with E-state index in [-0.39, 0.29) is 23.5 Å². The van der Waals surface area contributed by atoms with Crippen molar-refractivity contribution in [1.82, 2.24) is 14.7 Å². The maximum absolute atomic E-state index is 14.5. The maximum Gasteiger partial charge on any atom is 0.239 e. The summed E-state index contributed by atoms with van der Waals surface area (Å²) in [5.74, 6) is -0.327. The molecule has 1 amide bonds. The van der Waals surface area contributed by atoms with E-state index in [1.165, 1.54) is 18.6 Å². The van der Waals surface area contributed by atoms with Gasteiger partial charge in [-0.05, 0) is 37.6 Å². The molecule has 0 radical (unpaired) electrons. The molecular weight excluding hydrogens is 419 g/mol. The Morgan fingerprint density at radius 3 is 2.18 bits per heavy atom. The zero-order valence-corrected chi connectivity index (χ0v) is 19.5. The largest absolute Gasteiger partial charge is 0.367 e. The van der Waals surface area contributed by atoms with E-state index in [4.69, 9.17) is 0 Å². The van der Waals surface area contributed by atoms with Gasteiger partial charge in [0, 0.05) is 64.5 Å². The van der Waals surface area contributed by atoms with Gasteiger partial charge in [0.25, 0.3) is 0 Å². The summed E-state index contributed by atoms with van der Waals surface area (Å²) in [6, 6.07) is 14.9. The third kappa shape index (κ3) is 5.60. The summed E-state index contributed by atoms with van der Waals surface area (Å²) in [6.45, 7) is 10.3. The van der Waals surface area contributed by atoms with Gasteiger partial charge in [-0.2, -0.15) is 0 Å². The SMILES string of the molecule is CC(=O)c1ccc(N2CCN([C@H](C)C(=O)N3CCN(Cc4ccccc4)CC3)CC2)c(F)c1. The number of hydrogen-bond acceptors (Lipinski definition) is 5. The molecule has 0 N–H and O–H groups in total. The van der Waals surface area contributed by atoms with Gasteiger partial charge in [0.15, 0.2) is 5.78 Å². The van der Waals surface area contributed by atoms with Crippen LogP contribution in [-0.2, 0) is 11.3 Å². The number of carbonyl (C=O) groups excluding carboxylic acids is 2. The van der Waals surface area contributed by atoms with Gasteiger partial charge in [0.05, 0.1) is 11.7 Å². The van der Waals surface area contributed by atoms with Gasteiger partial charge in [-0.25, -0.2) is 4.39 Å². The molecule has 6 nitrogen and oxygen atoms in total. The molecule has 4 rings (SSSR count). The van der Waals surface area contributed by atoms with Crippen molar-refractivity contribution in [2.24, 2.45) is 0 Å². The molecule has 0 spiro atoms. The van der Waals surface area contributed by atoms with Gasteiger partial charge in [-0.15, -0.1) is 0 Å². The molecule has 7 heteroatoms. The fraction of sp³-hybridized carbons (Fsp3) is 0.462. The average molecular weight is 453 g/mol. The van der Waals surface area contributed by atoms with Crippen molar-refractivity contribution in [3.8, 4) is 0 Å². The molecule has 0 aromatic heterocycles. The Kier molecular flexibility index (Phi) is 7.40. The third-order valence-electron chi connectivity index (χ3n) is 6.85. The number of halogens is 1. The van der Waals surface area contributed by atoms with Gasteiger partial charge >= 0.3 is 0 Å². The van der Waals surface area contributed by atoms with Crippen molar-refractivity contribution in [2.75, 3.05) is 57.3 Å². The van der Waals surface area contributed by atoms with Crippen molar-refractivity contribution in [3.63, 3.8) is 0 Å². The lowest BCUT2D eigenvalue weighted by Crippen LogP contribution is -2.57. The predicted octanol–water partition coefficient (Wildman–Crippen LogP) is 2.88. The minimum Gasteiger partial charge on any atom is -0.367 e. The summed E-state index contributed by atoms with van der Waals surface area (Å²) in [7, 11) is 0. The van der Waals surface area contributed by atoms with E-state index < -0.39 is 0 Å². The van der Waals surface area contributed by atoms with E-state index in [1.54, 1.807) is 12.1 Å². The van der Waals surface area contributed by atoms with Crippen molar-refractivity contribution in [1.29, 1.82) is 0 Å². The minimum absolute atomic E-state index is 0.140. The van der Waals surface area contributed by atoms with Crippen LogP contribution in [-0.4, -0.2) is 84.8 Å². The molecule has 2 aliphatic rings. The number of Topliss-reactive ketones (excluding diaryl/α,β-unsaturated/α-hetero) is 1. The molecule has 2 aliphatic heterocycles. The zero-order chi connectivity index (χ0) is 23.4. The molecule has 2 saturated heterocycles. The van der Waals surface area contributed by atoms with Crippen molar-refractivity contribution < 1.29 is 14.0 Å². The quantitative estimate of drug-likeness (QED) is 0.631. The Morgan fingerprint density at radius 1 is 0.909 bits per heavy atom. The topological polar surface area (TPSA) is 47.1 Å². The molecule has 2 aromatic carbocycles. The third-order valence-corrected chi connectivity index (χ3v) is 6.85. The summed E-state index contributed by atoms with van der Waals surface area (Å²) in [5.41, 5.74) is 2.21. The Labute approximate surface area is 195 Å². The Bertz CT molecular complexity index is 968. The number of amides is 1. The number of hydrogen-bond donors (Lipinski definition) is 0. The van der Waals surface area contributed by atoms with Crippen LogP contribution in [0.4, 0.5) is 10.1 Å². The highest BCUT2D eigenvalue weighted by Crippen LogP contribution is 2.23. The zero-order valence-electron chi connectivity index (χ0n) is 19.5. The fourth-order valence-corrected chi connectivity index (χ4v) is 4.72. The number of anilines is 1. The van der Waals surface area contributed by atoms with Crippen LogP contribution in [0.1, 0.15) is 29.8 Å². The number of piperazine rings is 2. The molecule has 0 bridgehead atoms. The lowest BCUT2D eigenvalue weighted by molar-refractivity contribution is -0.138. The normalized spacial score (nSPS) is 18.9. The fourth-order valence-electron chi connectivity index (χ4n) is 4.72.